The van der Waals surface area contributed by atoms with Gasteiger partial charge in [-0.3, -0.25) is 9.52 Å². The predicted octanol–water partition coefficient (Wildman–Crippen LogP) is 4.94. The Bertz CT molecular complexity index is 1110. The van der Waals surface area contributed by atoms with Crippen LogP contribution in [0.3, 0.4) is 0 Å². The summed E-state index contributed by atoms with van der Waals surface area (Å²) >= 11 is 5.84. The van der Waals surface area contributed by atoms with Crippen LogP contribution in [0.2, 0.25) is 5.02 Å². The molecule has 0 saturated heterocycles. The summed E-state index contributed by atoms with van der Waals surface area (Å²) in [6, 6.07) is 20.2. The molecular weight excluding hydrogens is 408 g/mol. The minimum absolute atomic E-state index is 0.0624. The highest BCUT2D eigenvalue weighted by atomic mass is 35.5. The van der Waals surface area contributed by atoms with Crippen LogP contribution < -0.4 is 10.0 Å². The summed E-state index contributed by atoms with van der Waals surface area (Å²) in [6.45, 7) is 3.64. The molecule has 0 radical (unpaired) electrons. The van der Waals surface area contributed by atoms with Crippen LogP contribution in [0.25, 0.3) is 0 Å². The van der Waals surface area contributed by atoms with Crippen LogP contribution in [0.4, 0.5) is 5.69 Å². The molecule has 2 N–H and O–H groups in total. The van der Waals surface area contributed by atoms with Crippen molar-refractivity contribution < 1.29 is 13.2 Å². The quantitative estimate of drug-likeness (QED) is 0.583. The SMILES string of the molecule is Cc1cccc(NS(=O)(=O)c2ccc(Cl)cc2)c1C(=O)NC(C)c1ccccc1. The first-order valence-corrected chi connectivity index (χ1v) is 10.9. The molecule has 0 saturated carbocycles. The smallest absolute Gasteiger partial charge is 0.261 e. The lowest BCUT2D eigenvalue weighted by atomic mass is 10.0. The Kier molecular flexibility index (Phi) is 6.25. The molecule has 0 aromatic heterocycles. The first-order valence-electron chi connectivity index (χ1n) is 9.02. The summed E-state index contributed by atoms with van der Waals surface area (Å²) in [4.78, 5) is 13.0. The van der Waals surface area contributed by atoms with Crippen molar-refractivity contribution in [3.8, 4) is 0 Å². The van der Waals surface area contributed by atoms with Crippen molar-refractivity contribution >= 4 is 33.2 Å². The van der Waals surface area contributed by atoms with Crippen molar-refractivity contribution in [1.82, 2.24) is 5.32 Å². The van der Waals surface area contributed by atoms with Gasteiger partial charge < -0.3 is 5.32 Å². The second-order valence-corrected chi connectivity index (χ2v) is 8.78. The summed E-state index contributed by atoms with van der Waals surface area (Å²) in [5.74, 6) is -0.353. The topological polar surface area (TPSA) is 75.3 Å². The van der Waals surface area contributed by atoms with Crippen LogP contribution in [0, 0.1) is 6.92 Å². The number of hydrogen-bond donors (Lipinski definition) is 2. The van der Waals surface area contributed by atoms with Gasteiger partial charge in [0.25, 0.3) is 15.9 Å². The van der Waals surface area contributed by atoms with Gasteiger partial charge >= 0.3 is 0 Å². The molecule has 0 aliphatic heterocycles. The highest BCUT2D eigenvalue weighted by Crippen LogP contribution is 2.25. The Morgan fingerprint density at radius 3 is 2.24 bits per heavy atom. The standard InChI is InChI=1S/C22H21ClN2O3S/c1-15-7-6-10-20(25-29(27,28)19-13-11-18(23)12-14-19)21(15)22(26)24-16(2)17-8-4-3-5-9-17/h3-14,16,25H,1-2H3,(H,24,26). The van der Waals surface area contributed by atoms with Gasteiger partial charge in [0.1, 0.15) is 0 Å². The number of hydrogen-bond acceptors (Lipinski definition) is 3. The highest BCUT2D eigenvalue weighted by molar-refractivity contribution is 7.92. The van der Waals surface area contributed by atoms with Gasteiger partial charge in [-0.2, -0.15) is 0 Å². The van der Waals surface area contributed by atoms with Crippen molar-refractivity contribution in [2.24, 2.45) is 0 Å². The number of carbonyl (C=O) groups excluding carboxylic acids is 1. The fourth-order valence-electron chi connectivity index (χ4n) is 2.97. The summed E-state index contributed by atoms with van der Waals surface area (Å²) in [7, 11) is -3.87. The van der Waals surface area contributed by atoms with E-state index in [0.29, 0.717) is 10.6 Å². The Morgan fingerprint density at radius 1 is 0.931 bits per heavy atom. The summed E-state index contributed by atoms with van der Waals surface area (Å²) < 4.78 is 28.0. The Labute approximate surface area is 175 Å². The lowest BCUT2D eigenvalue weighted by Crippen LogP contribution is -2.28. The Morgan fingerprint density at radius 2 is 1.59 bits per heavy atom. The van der Waals surface area contributed by atoms with Gasteiger partial charge in [0.05, 0.1) is 22.2 Å². The maximum absolute atomic E-state index is 13.0. The summed E-state index contributed by atoms with van der Waals surface area (Å²) in [6.07, 6.45) is 0. The third-order valence-electron chi connectivity index (χ3n) is 4.52. The van der Waals surface area contributed by atoms with Crippen molar-refractivity contribution in [3.63, 3.8) is 0 Å². The third kappa shape index (κ3) is 4.96. The first kappa shape index (κ1) is 20.9. The van der Waals surface area contributed by atoms with Gasteiger partial charge in [-0.25, -0.2) is 8.42 Å². The van der Waals surface area contributed by atoms with Gasteiger partial charge in [0.15, 0.2) is 0 Å². The third-order valence-corrected chi connectivity index (χ3v) is 6.15. The minimum atomic E-state index is -3.87. The van der Waals surface area contributed by atoms with E-state index in [-0.39, 0.29) is 28.1 Å². The van der Waals surface area contributed by atoms with Gasteiger partial charge in [-0.15, -0.1) is 0 Å². The number of nitrogens with one attached hydrogen (secondary N) is 2. The molecule has 3 aromatic rings. The van der Waals surface area contributed by atoms with Crippen LogP contribution in [0.15, 0.2) is 77.7 Å². The molecule has 1 unspecified atom stereocenters. The van der Waals surface area contributed by atoms with E-state index in [1.54, 1.807) is 25.1 Å². The number of halogens is 1. The number of aryl methyl sites for hydroxylation is 1. The molecule has 0 aliphatic rings. The molecule has 7 heteroatoms. The van der Waals surface area contributed by atoms with Gasteiger partial charge in [0.2, 0.25) is 0 Å². The normalized spacial score (nSPS) is 12.2. The molecule has 150 valence electrons. The fourth-order valence-corrected chi connectivity index (χ4v) is 4.16. The molecule has 0 fully saturated rings. The fraction of sp³-hybridized carbons (Fsp3) is 0.136. The number of carbonyl (C=O) groups is 1. The van der Waals surface area contributed by atoms with Gasteiger partial charge in [-0.05, 0) is 55.3 Å². The molecule has 1 atom stereocenters. The molecule has 0 bridgehead atoms. The van der Waals surface area contributed by atoms with Crippen molar-refractivity contribution in [1.29, 1.82) is 0 Å². The van der Waals surface area contributed by atoms with Crippen LogP contribution in [-0.2, 0) is 10.0 Å². The van der Waals surface area contributed by atoms with E-state index < -0.39 is 10.0 Å². The molecular formula is C22H21ClN2O3S. The van der Waals surface area contributed by atoms with E-state index in [4.69, 9.17) is 11.6 Å². The lowest BCUT2D eigenvalue weighted by molar-refractivity contribution is 0.0940. The maximum Gasteiger partial charge on any atom is 0.261 e. The Balaban J connectivity index is 1.89. The van der Waals surface area contributed by atoms with E-state index >= 15 is 0 Å². The molecule has 0 aliphatic carbocycles. The van der Waals surface area contributed by atoms with Gasteiger partial charge in [-0.1, -0.05) is 54.1 Å². The minimum Gasteiger partial charge on any atom is -0.345 e. The predicted molar refractivity (Wildman–Crippen MR) is 116 cm³/mol. The Hall–Kier alpha value is -2.83. The molecule has 3 aromatic carbocycles. The van der Waals surface area contributed by atoms with E-state index in [2.05, 4.69) is 10.0 Å². The van der Waals surface area contributed by atoms with E-state index in [9.17, 15) is 13.2 Å². The van der Waals surface area contributed by atoms with Crippen molar-refractivity contribution in [2.45, 2.75) is 24.8 Å². The average molecular weight is 429 g/mol. The number of anilines is 1. The summed E-state index contributed by atoms with van der Waals surface area (Å²) in [5.41, 5.74) is 2.13. The van der Waals surface area contributed by atoms with Crippen LogP contribution in [0.5, 0.6) is 0 Å². The van der Waals surface area contributed by atoms with E-state index in [1.807, 2.05) is 37.3 Å². The second-order valence-electron chi connectivity index (χ2n) is 6.66. The van der Waals surface area contributed by atoms with E-state index in [0.717, 1.165) is 5.56 Å². The number of benzene rings is 3. The largest absolute Gasteiger partial charge is 0.345 e. The number of rotatable bonds is 6. The van der Waals surface area contributed by atoms with E-state index in [1.165, 1.54) is 24.3 Å². The van der Waals surface area contributed by atoms with Crippen molar-refractivity contribution in [2.75, 3.05) is 4.72 Å². The average Bonchev–Trinajstić information content (AvgIpc) is 2.68. The second kappa shape index (κ2) is 8.68. The molecule has 5 nitrogen and oxygen atoms in total. The monoisotopic (exact) mass is 428 g/mol. The molecule has 0 spiro atoms. The summed E-state index contributed by atoms with van der Waals surface area (Å²) in [5, 5.41) is 3.37. The molecule has 1 amide bonds. The molecule has 29 heavy (non-hydrogen) atoms. The number of amides is 1. The van der Waals surface area contributed by atoms with Crippen LogP contribution in [0.1, 0.15) is 34.5 Å². The number of sulfonamides is 1. The highest BCUT2D eigenvalue weighted by Gasteiger charge is 2.21. The first-order chi connectivity index (χ1) is 13.8. The maximum atomic E-state index is 13.0. The van der Waals surface area contributed by atoms with Crippen LogP contribution >= 0.6 is 11.6 Å². The van der Waals surface area contributed by atoms with Gasteiger partial charge in [0, 0.05) is 5.02 Å². The van der Waals surface area contributed by atoms with Crippen molar-refractivity contribution in [3.05, 3.63) is 94.5 Å². The van der Waals surface area contributed by atoms with Crippen LogP contribution in [-0.4, -0.2) is 14.3 Å². The zero-order valence-electron chi connectivity index (χ0n) is 16.0. The lowest BCUT2D eigenvalue weighted by Gasteiger charge is -2.18. The molecule has 0 heterocycles. The molecule has 3 rings (SSSR count). The zero-order valence-corrected chi connectivity index (χ0v) is 17.6. The zero-order chi connectivity index (χ0) is 21.0.